The van der Waals surface area contributed by atoms with E-state index in [0.717, 1.165) is 22.3 Å². The molecule has 5 aromatic rings. The normalized spacial score (nSPS) is 10.3. The van der Waals surface area contributed by atoms with Crippen LogP contribution in [0.1, 0.15) is 33.4 Å². The molecule has 9 heteroatoms. The van der Waals surface area contributed by atoms with E-state index < -0.39 is 0 Å². The van der Waals surface area contributed by atoms with Crippen LogP contribution in [0.4, 0.5) is 11.4 Å². The number of rotatable bonds is 6. The van der Waals surface area contributed by atoms with Crippen molar-refractivity contribution in [3.63, 3.8) is 0 Å². The second kappa shape index (κ2) is 18.8. The van der Waals surface area contributed by atoms with Crippen LogP contribution in [0.5, 0.6) is 34.5 Å². The maximum Gasteiger partial charge on any atom is 4.00 e. The summed E-state index contributed by atoms with van der Waals surface area (Å²) in [6.07, 6.45) is 2.95. The fraction of sp³-hybridized carbons (Fsp3) is 0.158. The molecule has 0 fully saturated rings. The van der Waals surface area contributed by atoms with Crippen molar-refractivity contribution in [1.29, 1.82) is 0 Å². The van der Waals surface area contributed by atoms with E-state index in [1.165, 1.54) is 26.6 Å². The summed E-state index contributed by atoms with van der Waals surface area (Å²) in [7, 11) is 2.90. The third kappa shape index (κ3) is 10.8. The molecule has 0 unspecified atom stereocenters. The summed E-state index contributed by atoms with van der Waals surface area (Å²) in [5.74, 6) is 0.381. The summed E-state index contributed by atoms with van der Waals surface area (Å²) in [4.78, 5) is 8.77. The molecule has 0 aliphatic rings. The molecule has 47 heavy (non-hydrogen) atoms. The number of hydrogen-bond donors (Lipinski definition) is 0. The van der Waals surface area contributed by atoms with Gasteiger partial charge < -0.3 is 29.9 Å². The number of ether oxygens (including phenoxy) is 2. The molecule has 0 bridgehead atoms. The van der Waals surface area contributed by atoms with Crippen molar-refractivity contribution >= 4 is 23.8 Å². The van der Waals surface area contributed by atoms with Gasteiger partial charge in [-0.3, -0.25) is 9.98 Å². The summed E-state index contributed by atoms with van der Waals surface area (Å²) in [5.41, 5.74) is 5.27. The first kappa shape index (κ1) is 38.1. The molecular formula is C38H36N2O6Ti. The van der Waals surface area contributed by atoms with Crippen molar-refractivity contribution in [3.05, 3.63) is 130 Å². The average molecular weight is 665 g/mol. The van der Waals surface area contributed by atoms with Gasteiger partial charge in [-0.1, -0.05) is 107 Å². The van der Waals surface area contributed by atoms with Gasteiger partial charge in [-0.15, -0.1) is 11.5 Å². The van der Waals surface area contributed by atoms with E-state index in [1.807, 2.05) is 76.2 Å². The molecule has 5 aromatic carbocycles. The number of aliphatic imine (C=N–C) groups is 2. The van der Waals surface area contributed by atoms with Crippen LogP contribution in [-0.4, -0.2) is 26.6 Å². The van der Waals surface area contributed by atoms with Crippen molar-refractivity contribution in [2.24, 2.45) is 9.98 Å². The fourth-order valence-electron chi connectivity index (χ4n) is 4.15. The van der Waals surface area contributed by atoms with E-state index in [0.29, 0.717) is 22.5 Å². The smallest absolute Gasteiger partial charge is 0.872 e. The van der Waals surface area contributed by atoms with Crippen molar-refractivity contribution in [2.75, 3.05) is 14.2 Å². The SMILES string of the molecule is COc1cccc(C=Nc2ccccc2N=Cc2cccc(OC)c2[O-])c1[O-].Cc1cccc(C)c1[O-].Cc1cccc(C)c1[O-].[Ti+4]. The van der Waals surface area contributed by atoms with Gasteiger partial charge in [0.15, 0.2) is 0 Å². The predicted molar refractivity (Wildman–Crippen MR) is 177 cm³/mol. The molecule has 0 saturated heterocycles. The van der Waals surface area contributed by atoms with E-state index in [2.05, 4.69) is 9.98 Å². The van der Waals surface area contributed by atoms with Gasteiger partial charge in [0.1, 0.15) is 11.5 Å². The molecule has 0 aromatic heterocycles. The molecule has 0 saturated carbocycles. The Morgan fingerprint density at radius 1 is 0.447 bits per heavy atom. The Morgan fingerprint density at radius 2 is 0.766 bits per heavy atom. The van der Waals surface area contributed by atoms with Crippen LogP contribution in [-0.2, 0) is 21.7 Å². The fourth-order valence-corrected chi connectivity index (χ4v) is 4.15. The Hall–Kier alpha value is -5.05. The van der Waals surface area contributed by atoms with Gasteiger partial charge in [0, 0.05) is 12.4 Å². The molecule has 5 rings (SSSR count). The molecular weight excluding hydrogens is 628 g/mol. The Bertz CT molecular complexity index is 1650. The minimum absolute atomic E-state index is 0. The van der Waals surface area contributed by atoms with Gasteiger partial charge in [-0.05, 0) is 63.1 Å². The monoisotopic (exact) mass is 664 g/mol. The Balaban J connectivity index is 0.000000328. The molecule has 0 heterocycles. The van der Waals surface area contributed by atoms with E-state index >= 15 is 0 Å². The maximum absolute atomic E-state index is 12.2. The van der Waals surface area contributed by atoms with Gasteiger partial charge in [-0.25, -0.2) is 0 Å². The molecule has 0 aliphatic carbocycles. The van der Waals surface area contributed by atoms with Gasteiger partial charge in [0.25, 0.3) is 0 Å². The molecule has 0 radical (unpaired) electrons. The molecule has 0 aliphatic heterocycles. The van der Waals surface area contributed by atoms with Crippen LogP contribution in [0.2, 0.25) is 0 Å². The summed E-state index contributed by atoms with van der Waals surface area (Å²) < 4.78 is 10.1. The number of aryl methyl sites for hydroxylation is 4. The molecule has 0 spiro atoms. The quantitative estimate of drug-likeness (QED) is 0.159. The minimum Gasteiger partial charge on any atom is -0.872 e. The van der Waals surface area contributed by atoms with Crippen molar-refractivity contribution in [1.82, 2.24) is 0 Å². The summed E-state index contributed by atoms with van der Waals surface area (Å²) in [5, 5.41) is 46.4. The second-order valence-electron chi connectivity index (χ2n) is 10.2. The molecule has 238 valence electrons. The van der Waals surface area contributed by atoms with Gasteiger partial charge in [0.2, 0.25) is 0 Å². The summed E-state index contributed by atoms with van der Waals surface area (Å²) >= 11 is 0. The van der Waals surface area contributed by atoms with Crippen LogP contribution < -0.4 is 29.9 Å². The summed E-state index contributed by atoms with van der Waals surface area (Å²) in [6.45, 7) is 7.31. The van der Waals surface area contributed by atoms with Crippen molar-refractivity contribution in [3.8, 4) is 34.5 Å². The minimum atomic E-state index is -0.234. The van der Waals surface area contributed by atoms with Gasteiger partial charge >= 0.3 is 21.7 Å². The standard InChI is InChI=1S/C22H20N2O4.2C8H10O.Ti/c1-27-19-11-5-7-15(21(19)25)13-23-17-9-3-4-10-18(17)24-14-16-8-6-12-20(28-2)22(16)26;2*1-6-4-3-5-7(2)8(6)9;/h3-14,25-26H,1-2H3;2*3-5,9H,1-2H3;/q;;;+4/p-4. The number of hydrogen-bond acceptors (Lipinski definition) is 8. The van der Waals surface area contributed by atoms with Crippen LogP contribution in [0.3, 0.4) is 0 Å². The molecule has 0 N–H and O–H groups in total. The van der Waals surface area contributed by atoms with Gasteiger partial charge in [0.05, 0.1) is 25.6 Å². The molecule has 0 amide bonds. The predicted octanol–water partition coefficient (Wildman–Crippen LogP) is 6.10. The third-order valence-electron chi connectivity index (χ3n) is 6.84. The van der Waals surface area contributed by atoms with E-state index in [-0.39, 0.29) is 56.2 Å². The number of para-hydroxylation sites is 6. The molecule has 0 atom stereocenters. The summed E-state index contributed by atoms with van der Waals surface area (Å²) in [6, 6.07) is 28.3. The number of nitrogens with zero attached hydrogens (tertiary/aromatic N) is 2. The zero-order chi connectivity index (χ0) is 33.6. The first-order chi connectivity index (χ1) is 22.1. The van der Waals surface area contributed by atoms with Crippen LogP contribution in [0.25, 0.3) is 0 Å². The van der Waals surface area contributed by atoms with Gasteiger partial charge in [-0.2, -0.15) is 0 Å². The van der Waals surface area contributed by atoms with E-state index in [1.54, 1.807) is 48.5 Å². The van der Waals surface area contributed by atoms with Crippen LogP contribution in [0.15, 0.2) is 107 Å². The number of methoxy groups -OCH3 is 2. The first-order valence-electron chi connectivity index (χ1n) is 14.4. The zero-order valence-corrected chi connectivity index (χ0v) is 28.8. The number of benzene rings is 5. The van der Waals surface area contributed by atoms with E-state index in [4.69, 9.17) is 9.47 Å². The topological polar surface area (TPSA) is 135 Å². The van der Waals surface area contributed by atoms with E-state index in [9.17, 15) is 20.4 Å². The average Bonchev–Trinajstić information content (AvgIpc) is 3.06. The Morgan fingerprint density at radius 3 is 1.06 bits per heavy atom. The van der Waals surface area contributed by atoms with Crippen molar-refractivity contribution < 1.29 is 51.6 Å². The zero-order valence-electron chi connectivity index (χ0n) is 27.2. The molecule has 8 nitrogen and oxygen atoms in total. The Kier molecular flexibility index (Phi) is 15.3. The van der Waals surface area contributed by atoms with Crippen LogP contribution >= 0.6 is 0 Å². The first-order valence-corrected chi connectivity index (χ1v) is 14.4. The Labute approximate surface area is 291 Å². The van der Waals surface area contributed by atoms with Crippen LogP contribution in [0, 0.1) is 27.7 Å². The third-order valence-corrected chi connectivity index (χ3v) is 6.84. The van der Waals surface area contributed by atoms with Crippen molar-refractivity contribution in [2.45, 2.75) is 27.7 Å². The maximum atomic E-state index is 12.2. The largest absolute Gasteiger partial charge is 4.00 e. The second-order valence-corrected chi connectivity index (χ2v) is 10.2.